The minimum Gasteiger partial charge on any atom is -0.343 e. The Morgan fingerprint density at radius 2 is 2.19 bits per heavy atom. The van der Waals surface area contributed by atoms with Crippen LogP contribution in [0.15, 0.2) is 29.8 Å². The van der Waals surface area contributed by atoms with Gasteiger partial charge in [-0.2, -0.15) is 13.2 Å². The first kappa shape index (κ1) is 19.3. The molecule has 0 aliphatic carbocycles. The van der Waals surface area contributed by atoms with Gasteiger partial charge in [-0.05, 0) is 31.0 Å². The van der Waals surface area contributed by atoms with E-state index in [1.807, 2.05) is 0 Å². The molecule has 3 rings (SSSR count). The molecule has 9 heteroatoms. The number of alkyl halides is 3. The highest BCUT2D eigenvalue weighted by Gasteiger charge is 2.32. The number of likely N-dealkylation sites (tertiary alicyclic amines) is 1. The highest BCUT2D eigenvalue weighted by Crippen LogP contribution is 2.31. The Labute approximate surface area is 158 Å². The quantitative estimate of drug-likeness (QED) is 0.839. The Morgan fingerprint density at radius 3 is 2.78 bits per heavy atom. The Kier molecular flexibility index (Phi) is 5.50. The summed E-state index contributed by atoms with van der Waals surface area (Å²) in [5.74, 6) is -0.473. The second-order valence-electron chi connectivity index (χ2n) is 6.36. The lowest BCUT2D eigenvalue weighted by atomic mass is 10.0. The van der Waals surface area contributed by atoms with Gasteiger partial charge in [0.25, 0.3) is 5.91 Å². The molecule has 1 aliphatic heterocycles. The van der Waals surface area contributed by atoms with Crippen molar-refractivity contribution in [2.45, 2.75) is 32.0 Å². The van der Waals surface area contributed by atoms with E-state index in [-0.39, 0.29) is 12.5 Å². The summed E-state index contributed by atoms with van der Waals surface area (Å²) in [7, 11) is 0. The van der Waals surface area contributed by atoms with Gasteiger partial charge in [0.15, 0.2) is 0 Å². The number of nitrogens with one attached hydrogen (secondary N) is 1. The van der Waals surface area contributed by atoms with Crippen LogP contribution >= 0.6 is 11.3 Å². The summed E-state index contributed by atoms with van der Waals surface area (Å²) in [4.78, 5) is 30.5. The van der Waals surface area contributed by atoms with Gasteiger partial charge in [-0.25, -0.2) is 4.98 Å². The molecule has 1 saturated heterocycles. The van der Waals surface area contributed by atoms with Crippen LogP contribution in [0.2, 0.25) is 0 Å². The number of thiazole rings is 1. The Hall–Kier alpha value is -2.42. The molecule has 5 nitrogen and oxygen atoms in total. The number of amides is 2. The molecule has 1 N–H and O–H groups in total. The molecule has 0 bridgehead atoms. The number of halogens is 3. The zero-order valence-electron chi connectivity index (χ0n) is 14.5. The normalized spacial score (nSPS) is 15.9. The van der Waals surface area contributed by atoms with Crippen LogP contribution in [0.25, 0.3) is 0 Å². The van der Waals surface area contributed by atoms with Gasteiger partial charge in [-0.3, -0.25) is 9.59 Å². The number of nitrogens with zero attached hydrogens (tertiary/aromatic N) is 2. The molecule has 27 heavy (non-hydrogen) atoms. The van der Waals surface area contributed by atoms with Crippen LogP contribution in [0.5, 0.6) is 0 Å². The standard InChI is InChI=1S/C18H18F3N3O2S/c1-11-16(27-10-22-11)17(26)23-14(9-24-7-3-6-15(24)25)12-4-2-5-13(8-12)18(19,20)21/h2,4-5,8,10,14H,3,6-7,9H2,1H3,(H,23,26). The monoisotopic (exact) mass is 397 g/mol. The fourth-order valence-corrected chi connectivity index (χ4v) is 3.73. The molecule has 2 heterocycles. The van der Waals surface area contributed by atoms with Crippen LogP contribution < -0.4 is 5.32 Å². The Morgan fingerprint density at radius 1 is 1.41 bits per heavy atom. The Bertz CT molecular complexity index is 850. The number of benzene rings is 1. The fourth-order valence-electron chi connectivity index (χ4n) is 3.03. The van der Waals surface area contributed by atoms with Crippen molar-refractivity contribution >= 4 is 23.2 Å². The summed E-state index contributed by atoms with van der Waals surface area (Å²) in [5.41, 5.74) is 1.60. The van der Waals surface area contributed by atoms with Crippen molar-refractivity contribution < 1.29 is 22.8 Å². The van der Waals surface area contributed by atoms with Crippen molar-refractivity contribution in [2.75, 3.05) is 13.1 Å². The first-order chi connectivity index (χ1) is 12.8. The summed E-state index contributed by atoms with van der Waals surface area (Å²) in [6.45, 7) is 2.35. The van der Waals surface area contributed by atoms with Crippen molar-refractivity contribution in [3.05, 3.63) is 51.5 Å². The van der Waals surface area contributed by atoms with Crippen LogP contribution in [-0.4, -0.2) is 34.8 Å². The first-order valence-corrected chi connectivity index (χ1v) is 9.29. The maximum atomic E-state index is 13.1. The van der Waals surface area contributed by atoms with Crippen LogP contribution in [0.3, 0.4) is 0 Å². The van der Waals surface area contributed by atoms with Gasteiger partial charge in [0.05, 0.1) is 22.8 Å². The highest BCUT2D eigenvalue weighted by atomic mass is 32.1. The van der Waals surface area contributed by atoms with E-state index in [1.54, 1.807) is 11.8 Å². The largest absolute Gasteiger partial charge is 0.416 e. The Balaban J connectivity index is 1.89. The first-order valence-electron chi connectivity index (χ1n) is 8.41. The van der Waals surface area contributed by atoms with Crippen molar-refractivity contribution in [1.29, 1.82) is 0 Å². The van der Waals surface area contributed by atoms with Crippen molar-refractivity contribution in [3.63, 3.8) is 0 Å². The zero-order chi connectivity index (χ0) is 19.6. The molecule has 1 fully saturated rings. The third kappa shape index (κ3) is 4.47. The average molecular weight is 397 g/mol. The number of aryl methyl sites for hydroxylation is 1. The van der Waals surface area contributed by atoms with Gasteiger partial charge >= 0.3 is 6.18 Å². The van der Waals surface area contributed by atoms with Gasteiger partial charge in [0.1, 0.15) is 4.88 Å². The predicted octanol–water partition coefficient (Wildman–Crippen LogP) is 3.56. The number of hydrogen-bond acceptors (Lipinski definition) is 4. The zero-order valence-corrected chi connectivity index (χ0v) is 15.4. The molecule has 144 valence electrons. The number of carbonyl (C=O) groups is 2. The van der Waals surface area contributed by atoms with Crippen LogP contribution in [-0.2, 0) is 11.0 Å². The fraction of sp³-hybridized carbons (Fsp3) is 0.389. The minimum absolute atomic E-state index is 0.0600. The molecule has 1 atom stereocenters. The van der Waals surface area contributed by atoms with E-state index in [9.17, 15) is 22.8 Å². The molecule has 1 aromatic heterocycles. The average Bonchev–Trinajstić information content (AvgIpc) is 3.22. The van der Waals surface area contributed by atoms with E-state index in [0.29, 0.717) is 35.5 Å². The number of rotatable bonds is 5. The van der Waals surface area contributed by atoms with Gasteiger partial charge in [0, 0.05) is 19.5 Å². The van der Waals surface area contributed by atoms with Crippen molar-refractivity contribution in [1.82, 2.24) is 15.2 Å². The molecule has 0 spiro atoms. The van der Waals surface area contributed by atoms with Gasteiger partial charge < -0.3 is 10.2 Å². The van der Waals surface area contributed by atoms with Gasteiger partial charge in [-0.15, -0.1) is 11.3 Å². The molecule has 0 radical (unpaired) electrons. The van der Waals surface area contributed by atoms with E-state index >= 15 is 0 Å². The van der Waals surface area contributed by atoms with Crippen molar-refractivity contribution in [3.8, 4) is 0 Å². The van der Waals surface area contributed by atoms with E-state index < -0.39 is 23.7 Å². The lowest BCUT2D eigenvalue weighted by Gasteiger charge is -2.25. The third-order valence-electron chi connectivity index (χ3n) is 4.45. The molecule has 1 unspecified atom stereocenters. The molecule has 2 aromatic rings. The van der Waals surface area contributed by atoms with E-state index in [1.165, 1.54) is 17.6 Å². The van der Waals surface area contributed by atoms with Crippen LogP contribution in [0, 0.1) is 6.92 Å². The maximum absolute atomic E-state index is 13.1. The second kappa shape index (κ2) is 7.67. The number of carbonyl (C=O) groups excluding carboxylic acids is 2. The molecule has 0 saturated carbocycles. The van der Waals surface area contributed by atoms with E-state index in [2.05, 4.69) is 10.3 Å². The molecular formula is C18H18F3N3O2S. The van der Waals surface area contributed by atoms with Gasteiger partial charge in [0.2, 0.25) is 5.91 Å². The topological polar surface area (TPSA) is 62.3 Å². The van der Waals surface area contributed by atoms with Gasteiger partial charge in [-0.1, -0.05) is 12.1 Å². The lowest BCUT2D eigenvalue weighted by molar-refractivity contribution is -0.137. The number of aromatic nitrogens is 1. The molecule has 2 amide bonds. The molecule has 1 aliphatic rings. The smallest absolute Gasteiger partial charge is 0.343 e. The summed E-state index contributed by atoms with van der Waals surface area (Å²) in [6.07, 6.45) is -3.37. The third-order valence-corrected chi connectivity index (χ3v) is 5.38. The highest BCUT2D eigenvalue weighted by molar-refractivity contribution is 7.11. The summed E-state index contributed by atoms with van der Waals surface area (Å²) < 4.78 is 39.2. The predicted molar refractivity (Wildman–Crippen MR) is 94.3 cm³/mol. The van der Waals surface area contributed by atoms with E-state index in [0.717, 1.165) is 23.5 Å². The SMILES string of the molecule is Cc1ncsc1C(=O)NC(CN1CCCC1=O)c1cccc(C(F)(F)F)c1. The second-order valence-corrected chi connectivity index (χ2v) is 7.21. The lowest BCUT2D eigenvalue weighted by Crippen LogP contribution is -2.38. The minimum atomic E-state index is -4.48. The summed E-state index contributed by atoms with van der Waals surface area (Å²) in [6, 6.07) is 4.09. The van der Waals surface area contributed by atoms with Crippen LogP contribution in [0.4, 0.5) is 13.2 Å². The molecule has 1 aromatic carbocycles. The summed E-state index contributed by atoms with van der Waals surface area (Å²) in [5, 5.41) is 2.77. The van der Waals surface area contributed by atoms with Crippen LogP contribution in [0.1, 0.15) is 45.4 Å². The van der Waals surface area contributed by atoms with Crippen molar-refractivity contribution in [2.24, 2.45) is 0 Å². The van der Waals surface area contributed by atoms with E-state index in [4.69, 9.17) is 0 Å². The maximum Gasteiger partial charge on any atom is 0.416 e. The number of hydrogen-bond donors (Lipinski definition) is 1. The molecular weight excluding hydrogens is 379 g/mol. The summed E-state index contributed by atoms with van der Waals surface area (Å²) >= 11 is 1.16.